The van der Waals surface area contributed by atoms with Crippen molar-refractivity contribution in [3.8, 4) is 5.88 Å². The zero-order valence-electron chi connectivity index (χ0n) is 24.9. The summed E-state index contributed by atoms with van der Waals surface area (Å²) in [4.78, 5) is 48.9. The van der Waals surface area contributed by atoms with Crippen LogP contribution in [-0.4, -0.2) is 70.0 Å². The van der Waals surface area contributed by atoms with Crippen LogP contribution in [0.4, 0.5) is 17.5 Å². The number of carbonyl (C=O) groups excluding carboxylic acids is 1. The first kappa shape index (κ1) is 30.4. The molecular weight excluding hydrogens is 590 g/mol. The highest BCUT2D eigenvalue weighted by Gasteiger charge is 2.25. The van der Waals surface area contributed by atoms with Crippen LogP contribution in [0.25, 0.3) is 10.9 Å². The number of rotatable bonds is 8. The summed E-state index contributed by atoms with van der Waals surface area (Å²) in [5.41, 5.74) is 2.96. The molecule has 1 amide bonds. The highest BCUT2D eigenvalue weighted by molar-refractivity contribution is 7.97. The minimum absolute atomic E-state index is 0.121. The minimum atomic E-state index is -0.359. The lowest BCUT2D eigenvalue weighted by molar-refractivity contribution is 0.0980. The summed E-state index contributed by atoms with van der Waals surface area (Å²) in [6.07, 6.45) is 1.76. The van der Waals surface area contributed by atoms with Crippen molar-refractivity contribution in [1.29, 1.82) is 0 Å². The average molecular weight is 624 g/mol. The summed E-state index contributed by atoms with van der Waals surface area (Å²) in [6.45, 7) is 8.44. The van der Waals surface area contributed by atoms with E-state index in [9.17, 15) is 9.59 Å². The third-order valence-electron chi connectivity index (χ3n) is 7.34. The number of methoxy groups -OCH3 is 1. The van der Waals surface area contributed by atoms with Crippen molar-refractivity contribution in [1.82, 2.24) is 29.2 Å². The predicted molar refractivity (Wildman–Crippen MR) is 172 cm³/mol. The maximum Gasteiger partial charge on any atom is 0.281 e. The molecule has 12 nitrogen and oxygen atoms in total. The minimum Gasteiger partial charge on any atom is -0.481 e. The molecule has 1 aliphatic rings. The Labute approximate surface area is 259 Å². The van der Waals surface area contributed by atoms with Gasteiger partial charge in [0.05, 0.1) is 29.7 Å². The molecule has 1 unspecified atom stereocenters. The summed E-state index contributed by atoms with van der Waals surface area (Å²) >= 11 is 7.29. The molecule has 1 saturated heterocycles. The molecular formula is C29H34ClN9O3S. The Morgan fingerprint density at radius 2 is 1.77 bits per heavy atom. The smallest absolute Gasteiger partial charge is 0.281 e. The van der Waals surface area contributed by atoms with Gasteiger partial charge in [-0.1, -0.05) is 29.6 Å². The molecule has 0 bridgehead atoms. The molecule has 0 aliphatic carbocycles. The SMILES string of the molecule is COc1cc(N2CCN(c3nc4c(C(C)Nc5ccc(Cl)nc5C(=O)NSC)cc(C)cc4c(=O)n3C)CC2)nc(C)n1. The van der Waals surface area contributed by atoms with E-state index in [1.54, 1.807) is 37.1 Å². The van der Waals surface area contributed by atoms with Crippen LogP contribution in [0.5, 0.6) is 5.88 Å². The second-order valence-corrected chi connectivity index (χ2v) is 11.3. The van der Waals surface area contributed by atoms with E-state index >= 15 is 0 Å². The summed E-state index contributed by atoms with van der Waals surface area (Å²) in [5.74, 6) is 2.22. The fourth-order valence-corrected chi connectivity index (χ4v) is 5.69. The number of pyridine rings is 1. The fraction of sp³-hybridized carbons (Fsp3) is 0.379. The number of anilines is 3. The summed E-state index contributed by atoms with van der Waals surface area (Å²) < 4.78 is 9.64. The monoisotopic (exact) mass is 623 g/mol. The van der Waals surface area contributed by atoms with Crippen LogP contribution in [0, 0.1) is 13.8 Å². The van der Waals surface area contributed by atoms with Crippen molar-refractivity contribution in [2.24, 2.45) is 7.05 Å². The molecule has 0 saturated carbocycles. The van der Waals surface area contributed by atoms with Crippen LogP contribution in [0.3, 0.4) is 0 Å². The van der Waals surface area contributed by atoms with Crippen LogP contribution in [-0.2, 0) is 7.05 Å². The van der Waals surface area contributed by atoms with Crippen molar-refractivity contribution in [2.45, 2.75) is 26.8 Å². The third-order valence-corrected chi connectivity index (χ3v) is 7.94. The maximum absolute atomic E-state index is 13.7. The first-order chi connectivity index (χ1) is 20.6. The number of aryl methyl sites for hydroxylation is 2. The maximum atomic E-state index is 13.7. The van der Waals surface area contributed by atoms with Gasteiger partial charge in [0.25, 0.3) is 11.5 Å². The van der Waals surface area contributed by atoms with Gasteiger partial charge in [-0.25, -0.2) is 15.0 Å². The van der Waals surface area contributed by atoms with Gasteiger partial charge in [-0.15, -0.1) is 0 Å². The Kier molecular flexibility index (Phi) is 8.92. The molecule has 1 atom stereocenters. The van der Waals surface area contributed by atoms with Crippen LogP contribution >= 0.6 is 23.5 Å². The van der Waals surface area contributed by atoms with E-state index in [1.165, 1.54) is 11.9 Å². The van der Waals surface area contributed by atoms with Gasteiger partial charge < -0.3 is 19.9 Å². The number of halogens is 1. The standard InChI is InChI=1S/C29H34ClN9O3S/c1-16-13-19(17(2)31-21-7-8-22(30)34-26(21)27(40)36-43-6)25-20(14-16)28(41)37(4)29(35-25)39-11-9-38(10-12-39)23-15-24(42-5)33-18(3)32-23/h7-8,13-15,17,31H,9-12H2,1-6H3,(H,36,40). The number of aromatic nitrogens is 5. The van der Waals surface area contributed by atoms with E-state index in [1.807, 2.05) is 39.0 Å². The number of ether oxygens (including phenoxy) is 1. The summed E-state index contributed by atoms with van der Waals surface area (Å²) in [6, 6.07) is 8.77. The highest BCUT2D eigenvalue weighted by Crippen LogP contribution is 2.30. The average Bonchev–Trinajstić information content (AvgIpc) is 2.99. The van der Waals surface area contributed by atoms with E-state index < -0.39 is 0 Å². The molecule has 1 aliphatic heterocycles. The first-order valence-electron chi connectivity index (χ1n) is 13.8. The first-order valence-corrected chi connectivity index (χ1v) is 15.4. The lowest BCUT2D eigenvalue weighted by Crippen LogP contribution is -2.48. The molecule has 0 radical (unpaired) electrons. The van der Waals surface area contributed by atoms with Crippen LogP contribution in [0.1, 0.15) is 40.4 Å². The van der Waals surface area contributed by atoms with Gasteiger partial charge >= 0.3 is 0 Å². The topological polar surface area (TPSA) is 130 Å². The van der Waals surface area contributed by atoms with Crippen LogP contribution in [0.2, 0.25) is 5.15 Å². The van der Waals surface area contributed by atoms with E-state index in [-0.39, 0.29) is 28.4 Å². The van der Waals surface area contributed by atoms with Gasteiger partial charge in [-0.2, -0.15) is 4.98 Å². The Morgan fingerprint density at radius 3 is 2.47 bits per heavy atom. The van der Waals surface area contributed by atoms with E-state index in [2.05, 4.69) is 34.8 Å². The lowest BCUT2D eigenvalue weighted by Gasteiger charge is -2.36. The zero-order valence-corrected chi connectivity index (χ0v) is 26.5. The molecule has 1 aromatic carbocycles. The van der Waals surface area contributed by atoms with Gasteiger partial charge in [-0.3, -0.25) is 18.9 Å². The highest BCUT2D eigenvalue weighted by atomic mass is 35.5. The normalized spacial score (nSPS) is 14.1. The molecule has 1 fully saturated rings. The van der Waals surface area contributed by atoms with Gasteiger partial charge in [-0.05, 0) is 44.5 Å². The second kappa shape index (κ2) is 12.6. The molecule has 14 heteroatoms. The number of carbonyl (C=O) groups is 1. The summed E-state index contributed by atoms with van der Waals surface area (Å²) in [7, 11) is 3.35. The Hall–Kier alpha value is -4.10. The quantitative estimate of drug-likeness (QED) is 0.219. The van der Waals surface area contributed by atoms with Gasteiger partial charge in [0, 0.05) is 51.1 Å². The number of fused-ring (bicyclic) bond motifs is 1. The number of nitrogens with zero attached hydrogens (tertiary/aromatic N) is 7. The van der Waals surface area contributed by atoms with E-state index in [4.69, 9.17) is 21.3 Å². The molecule has 2 N–H and O–H groups in total. The van der Waals surface area contributed by atoms with Gasteiger partial charge in [0.1, 0.15) is 16.8 Å². The molecule has 5 rings (SSSR count). The lowest BCUT2D eigenvalue weighted by atomic mass is 10.0. The Morgan fingerprint density at radius 1 is 1.05 bits per heavy atom. The third kappa shape index (κ3) is 6.32. The molecule has 0 spiro atoms. The zero-order chi connectivity index (χ0) is 30.8. The molecule has 43 heavy (non-hydrogen) atoms. The molecule has 226 valence electrons. The number of hydrogen-bond donors (Lipinski definition) is 2. The second-order valence-electron chi connectivity index (χ2n) is 10.3. The van der Waals surface area contributed by atoms with E-state index in [0.29, 0.717) is 60.4 Å². The number of amides is 1. The number of benzene rings is 1. The number of hydrogen-bond acceptors (Lipinski definition) is 11. The Balaban J connectivity index is 1.47. The van der Waals surface area contributed by atoms with E-state index in [0.717, 1.165) is 16.9 Å². The van der Waals surface area contributed by atoms with Crippen molar-refractivity contribution >= 4 is 57.8 Å². The van der Waals surface area contributed by atoms with Crippen molar-refractivity contribution in [2.75, 3.05) is 54.7 Å². The van der Waals surface area contributed by atoms with Crippen molar-refractivity contribution < 1.29 is 9.53 Å². The van der Waals surface area contributed by atoms with Gasteiger partial charge in [0.2, 0.25) is 11.8 Å². The predicted octanol–water partition coefficient (Wildman–Crippen LogP) is 3.90. The van der Waals surface area contributed by atoms with Crippen LogP contribution < -0.4 is 30.1 Å². The number of piperazine rings is 1. The molecule has 4 heterocycles. The van der Waals surface area contributed by atoms with Crippen molar-refractivity contribution in [3.63, 3.8) is 0 Å². The molecule has 4 aromatic rings. The fourth-order valence-electron chi connectivity index (χ4n) is 5.26. The summed E-state index contributed by atoms with van der Waals surface area (Å²) in [5, 5.41) is 4.15. The van der Waals surface area contributed by atoms with Crippen LogP contribution in [0.15, 0.2) is 35.1 Å². The largest absolute Gasteiger partial charge is 0.481 e. The molecule has 3 aromatic heterocycles. The Bertz CT molecular complexity index is 1740. The van der Waals surface area contributed by atoms with Crippen molar-refractivity contribution in [3.05, 3.63) is 68.5 Å². The number of nitrogens with one attached hydrogen (secondary N) is 2. The van der Waals surface area contributed by atoms with Gasteiger partial charge in [0.15, 0.2) is 5.69 Å².